The number of anilines is 1. The molecular weight excluding hydrogens is 448 g/mol. The molecule has 2 aromatic heterocycles. The molecule has 0 aliphatic heterocycles. The van der Waals surface area contributed by atoms with Crippen LogP contribution in [0.25, 0.3) is 39.9 Å². The van der Waals surface area contributed by atoms with Gasteiger partial charge in [0.1, 0.15) is 5.82 Å². The van der Waals surface area contributed by atoms with E-state index in [1.165, 1.54) is 10.9 Å². The molecule has 0 radical (unpaired) electrons. The summed E-state index contributed by atoms with van der Waals surface area (Å²) >= 11 is 0. The molecule has 0 fully saturated rings. The Labute approximate surface area is 197 Å². The molecule has 2 heterocycles. The first kappa shape index (κ1) is 21.5. The average Bonchev–Trinajstić information content (AvgIpc) is 3.31. The van der Waals surface area contributed by atoms with Gasteiger partial charge >= 0.3 is 0 Å². The molecule has 8 nitrogen and oxygen atoms in total. The lowest BCUT2D eigenvalue weighted by Crippen LogP contribution is -2.15. The maximum atomic E-state index is 11.8. The van der Waals surface area contributed by atoms with Crippen molar-refractivity contribution in [1.82, 2.24) is 24.7 Å². The van der Waals surface area contributed by atoms with Crippen LogP contribution in [-0.4, -0.2) is 39.4 Å². The molecule has 5 aromatic rings. The van der Waals surface area contributed by atoms with Gasteiger partial charge in [0.2, 0.25) is 10.0 Å². The van der Waals surface area contributed by atoms with Crippen molar-refractivity contribution in [1.29, 1.82) is 0 Å². The lowest BCUT2D eigenvalue weighted by Gasteiger charge is -2.11. The van der Waals surface area contributed by atoms with E-state index < -0.39 is 10.0 Å². The van der Waals surface area contributed by atoms with Crippen LogP contribution >= 0.6 is 0 Å². The largest absolute Gasteiger partial charge is 0.267 e. The summed E-state index contributed by atoms with van der Waals surface area (Å²) < 4.78 is 27.4. The van der Waals surface area contributed by atoms with Gasteiger partial charge in [-0.1, -0.05) is 84.9 Å². The molecule has 5 rings (SSSR count). The van der Waals surface area contributed by atoms with Gasteiger partial charge in [0.25, 0.3) is 5.95 Å². The fourth-order valence-electron chi connectivity index (χ4n) is 3.48. The van der Waals surface area contributed by atoms with Gasteiger partial charge in [-0.2, -0.15) is 19.7 Å². The van der Waals surface area contributed by atoms with Crippen molar-refractivity contribution in [3.63, 3.8) is 0 Å². The zero-order valence-corrected chi connectivity index (χ0v) is 19.0. The van der Waals surface area contributed by atoms with Crippen molar-refractivity contribution in [3.8, 4) is 39.9 Å². The van der Waals surface area contributed by atoms with E-state index in [0.717, 1.165) is 28.5 Å². The molecule has 0 aliphatic carbocycles. The maximum Gasteiger partial charge on any atom is 0.256 e. The van der Waals surface area contributed by atoms with E-state index in [2.05, 4.69) is 36.9 Å². The minimum absolute atomic E-state index is 0.201. The Hall–Kier alpha value is -4.37. The van der Waals surface area contributed by atoms with E-state index >= 15 is 0 Å². The predicted molar refractivity (Wildman–Crippen MR) is 132 cm³/mol. The molecule has 0 atom stereocenters. The van der Waals surface area contributed by atoms with Gasteiger partial charge < -0.3 is 0 Å². The van der Waals surface area contributed by atoms with Crippen molar-refractivity contribution < 1.29 is 8.42 Å². The molecule has 0 unspecified atom stereocenters. The van der Waals surface area contributed by atoms with Crippen LogP contribution in [0.5, 0.6) is 0 Å². The van der Waals surface area contributed by atoms with Crippen LogP contribution in [0.1, 0.15) is 0 Å². The van der Waals surface area contributed by atoms with E-state index in [0.29, 0.717) is 11.6 Å². The SMILES string of the molecule is CS(=O)(=O)Nc1ccnn1-c1nc(-c2ccccc2)nc(-c2ccc(-c3ccccc3)cc2)n1. The number of rotatable bonds is 6. The number of nitrogens with zero attached hydrogens (tertiary/aromatic N) is 5. The molecule has 168 valence electrons. The number of nitrogens with one attached hydrogen (secondary N) is 1. The van der Waals surface area contributed by atoms with Gasteiger partial charge in [-0.15, -0.1) is 0 Å². The van der Waals surface area contributed by atoms with E-state index in [1.807, 2.05) is 72.8 Å². The van der Waals surface area contributed by atoms with Crippen LogP contribution in [-0.2, 0) is 10.0 Å². The second kappa shape index (κ2) is 8.87. The average molecular weight is 469 g/mol. The molecule has 0 spiro atoms. The predicted octanol–water partition coefficient (Wildman–Crippen LogP) is 4.43. The molecule has 3 aromatic carbocycles. The zero-order chi connectivity index (χ0) is 23.5. The van der Waals surface area contributed by atoms with Crippen LogP contribution < -0.4 is 4.72 Å². The normalized spacial score (nSPS) is 11.3. The lowest BCUT2D eigenvalue weighted by atomic mass is 10.0. The minimum Gasteiger partial charge on any atom is -0.267 e. The highest BCUT2D eigenvalue weighted by atomic mass is 32.2. The quantitative estimate of drug-likeness (QED) is 0.395. The van der Waals surface area contributed by atoms with Crippen molar-refractivity contribution in [2.45, 2.75) is 0 Å². The fraction of sp³-hybridized carbons (Fsp3) is 0.0400. The van der Waals surface area contributed by atoms with Gasteiger partial charge in [-0.05, 0) is 11.1 Å². The van der Waals surface area contributed by atoms with Crippen molar-refractivity contribution in [2.75, 3.05) is 11.0 Å². The Morgan fingerprint density at radius 2 is 1.15 bits per heavy atom. The summed E-state index contributed by atoms with van der Waals surface area (Å²) in [5.74, 6) is 1.34. The second-order valence-electron chi connectivity index (χ2n) is 7.59. The molecule has 1 N–H and O–H groups in total. The van der Waals surface area contributed by atoms with Crippen molar-refractivity contribution >= 4 is 15.8 Å². The highest BCUT2D eigenvalue weighted by Crippen LogP contribution is 2.26. The summed E-state index contributed by atoms with van der Waals surface area (Å²) in [5.41, 5.74) is 3.79. The molecular formula is C25H20N6O2S. The standard InChI is InChI=1S/C25H20N6O2S/c1-34(32,33)30-22-16-17-26-31(22)25-28-23(20-10-6-3-7-11-20)27-24(29-25)21-14-12-19(13-15-21)18-8-4-2-5-9-18/h2-17,30H,1H3. The number of sulfonamides is 1. The Kier molecular flexibility index (Phi) is 5.60. The third-order valence-electron chi connectivity index (χ3n) is 5.03. The van der Waals surface area contributed by atoms with Crippen LogP contribution in [0, 0.1) is 0 Å². The van der Waals surface area contributed by atoms with Gasteiger partial charge in [0, 0.05) is 17.2 Å². The third kappa shape index (κ3) is 4.69. The highest BCUT2D eigenvalue weighted by molar-refractivity contribution is 7.92. The van der Waals surface area contributed by atoms with Crippen LogP contribution in [0.3, 0.4) is 0 Å². The first-order valence-corrected chi connectivity index (χ1v) is 12.3. The van der Waals surface area contributed by atoms with Gasteiger partial charge in [-0.25, -0.2) is 13.4 Å². The lowest BCUT2D eigenvalue weighted by molar-refractivity contribution is 0.606. The summed E-state index contributed by atoms with van der Waals surface area (Å²) in [6, 6.07) is 29.1. The molecule has 0 aliphatic rings. The molecule has 0 bridgehead atoms. The second-order valence-corrected chi connectivity index (χ2v) is 9.34. The van der Waals surface area contributed by atoms with E-state index in [9.17, 15) is 8.42 Å². The first-order chi connectivity index (χ1) is 16.5. The topological polar surface area (TPSA) is 103 Å². The number of hydrogen-bond donors (Lipinski definition) is 1. The first-order valence-electron chi connectivity index (χ1n) is 10.5. The van der Waals surface area contributed by atoms with Gasteiger partial charge in [-0.3, -0.25) is 4.72 Å². The molecule has 9 heteroatoms. The van der Waals surface area contributed by atoms with Crippen molar-refractivity contribution in [2.24, 2.45) is 0 Å². The number of hydrogen-bond acceptors (Lipinski definition) is 6. The van der Waals surface area contributed by atoms with Crippen LogP contribution in [0.15, 0.2) is 97.2 Å². The third-order valence-corrected chi connectivity index (χ3v) is 5.61. The zero-order valence-electron chi connectivity index (χ0n) is 18.2. The minimum atomic E-state index is -3.52. The van der Waals surface area contributed by atoms with Crippen LogP contribution in [0.4, 0.5) is 5.82 Å². The van der Waals surface area contributed by atoms with E-state index in [4.69, 9.17) is 0 Å². The number of benzene rings is 3. The fourth-order valence-corrected chi connectivity index (χ4v) is 4.01. The Balaban J connectivity index is 1.62. The molecule has 0 amide bonds. The highest BCUT2D eigenvalue weighted by Gasteiger charge is 2.16. The Morgan fingerprint density at radius 1 is 0.647 bits per heavy atom. The maximum absolute atomic E-state index is 11.8. The van der Waals surface area contributed by atoms with E-state index in [-0.39, 0.29) is 11.8 Å². The number of aromatic nitrogens is 5. The van der Waals surface area contributed by atoms with Gasteiger partial charge in [0.05, 0.1) is 12.5 Å². The molecule has 0 saturated heterocycles. The molecule has 0 saturated carbocycles. The summed E-state index contributed by atoms with van der Waals surface area (Å²) in [5, 5.41) is 4.23. The van der Waals surface area contributed by atoms with Crippen molar-refractivity contribution in [3.05, 3.63) is 97.2 Å². The summed E-state index contributed by atoms with van der Waals surface area (Å²) in [6.07, 6.45) is 2.56. The summed E-state index contributed by atoms with van der Waals surface area (Å²) in [7, 11) is -3.52. The summed E-state index contributed by atoms with van der Waals surface area (Å²) in [6.45, 7) is 0. The smallest absolute Gasteiger partial charge is 0.256 e. The Bertz CT molecular complexity index is 1530. The van der Waals surface area contributed by atoms with Gasteiger partial charge in [0.15, 0.2) is 11.6 Å². The molecule has 34 heavy (non-hydrogen) atoms. The Morgan fingerprint density at radius 3 is 1.74 bits per heavy atom. The summed E-state index contributed by atoms with van der Waals surface area (Å²) in [4.78, 5) is 13.9. The van der Waals surface area contributed by atoms with Crippen LogP contribution in [0.2, 0.25) is 0 Å². The monoisotopic (exact) mass is 468 g/mol. The van der Waals surface area contributed by atoms with E-state index in [1.54, 1.807) is 6.07 Å².